The molecule has 1 aromatic rings. The quantitative estimate of drug-likeness (QED) is 0.832. The highest BCUT2D eigenvalue weighted by atomic mass is 79.9. The van der Waals surface area contributed by atoms with Crippen LogP contribution in [0.2, 0.25) is 0 Å². The number of rotatable bonds is 2. The monoisotopic (exact) mass is 331 g/mol. The van der Waals surface area contributed by atoms with Crippen LogP contribution in [0.5, 0.6) is 5.75 Å². The standard InChI is InChI=1S/C13H12BrF2NO2/c14-9-1-2-11-10(3-9)17(12(18)7-19-11)6-8-4-13(15,16)5-8/h1-3,8H,4-7H2. The highest BCUT2D eigenvalue weighted by Crippen LogP contribution is 2.44. The predicted molar refractivity (Wildman–Crippen MR) is 69.7 cm³/mol. The Bertz CT molecular complexity index is 527. The van der Waals surface area contributed by atoms with Crippen molar-refractivity contribution in [3.05, 3.63) is 22.7 Å². The van der Waals surface area contributed by atoms with Crippen molar-refractivity contribution in [2.45, 2.75) is 18.8 Å². The number of fused-ring (bicyclic) bond motifs is 1. The number of ether oxygens (including phenoxy) is 1. The van der Waals surface area contributed by atoms with Crippen LogP contribution < -0.4 is 9.64 Å². The van der Waals surface area contributed by atoms with Crippen molar-refractivity contribution in [1.29, 1.82) is 0 Å². The SMILES string of the molecule is O=C1COc2ccc(Br)cc2N1CC1CC(F)(F)C1. The maximum atomic E-state index is 12.9. The van der Waals surface area contributed by atoms with Gasteiger partial charge in [-0.2, -0.15) is 0 Å². The van der Waals surface area contributed by atoms with E-state index in [0.29, 0.717) is 18.0 Å². The molecule has 19 heavy (non-hydrogen) atoms. The summed E-state index contributed by atoms with van der Waals surface area (Å²) in [5.74, 6) is -2.25. The fraction of sp³-hybridized carbons (Fsp3) is 0.462. The second-order valence-corrected chi connectivity index (χ2v) is 5.95. The second kappa shape index (κ2) is 4.44. The molecule has 0 atom stereocenters. The molecule has 3 nitrogen and oxygen atoms in total. The van der Waals surface area contributed by atoms with Gasteiger partial charge in [0.25, 0.3) is 5.91 Å². The van der Waals surface area contributed by atoms with E-state index >= 15 is 0 Å². The Kier molecular flexibility index (Phi) is 3.00. The molecule has 0 saturated heterocycles. The third-order valence-electron chi connectivity index (χ3n) is 3.48. The molecule has 1 aliphatic heterocycles. The molecule has 6 heteroatoms. The fourth-order valence-corrected chi connectivity index (χ4v) is 2.90. The normalized spacial score (nSPS) is 21.6. The third-order valence-corrected chi connectivity index (χ3v) is 3.97. The van der Waals surface area contributed by atoms with E-state index in [9.17, 15) is 13.6 Å². The number of alkyl halides is 2. The zero-order valence-electron chi connectivity index (χ0n) is 10.0. The van der Waals surface area contributed by atoms with Gasteiger partial charge in [-0.1, -0.05) is 15.9 Å². The lowest BCUT2D eigenvalue weighted by Crippen LogP contribution is -2.47. The van der Waals surface area contributed by atoms with Gasteiger partial charge in [-0.15, -0.1) is 0 Å². The smallest absolute Gasteiger partial charge is 0.265 e. The Labute approximate surface area is 117 Å². The predicted octanol–water partition coefficient (Wildman–Crippen LogP) is 3.22. The van der Waals surface area contributed by atoms with Gasteiger partial charge in [0.2, 0.25) is 5.92 Å². The molecule has 0 bridgehead atoms. The van der Waals surface area contributed by atoms with Crippen molar-refractivity contribution in [3.8, 4) is 5.75 Å². The number of halogens is 3. The number of hydrogen-bond donors (Lipinski definition) is 0. The summed E-state index contributed by atoms with van der Waals surface area (Å²) in [7, 11) is 0. The summed E-state index contributed by atoms with van der Waals surface area (Å²) < 4.78 is 31.9. The van der Waals surface area contributed by atoms with Crippen LogP contribution >= 0.6 is 15.9 Å². The van der Waals surface area contributed by atoms with Crippen molar-refractivity contribution in [3.63, 3.8) is 0 Å². The topological polar surface area (TPSA) is 29.5 Å². The minimum Gasteiger partial charge on any atom is -0.482 e. The van der Waals surface area contributed by atoms with E-state index in [2.05, 4.69) is 15.9 Å². The summed E-state index contributed by atoms with van der Waals surface area (Å²) in [6.07, 6.45) is -0.276. The lowest BCUT2D eigenvalue weighted by atomic mass is 9.81. The molecule has 3 rings (SSSR count). The van der Waals surface area contributed by atoms with Gasteiger partial charge in [-0.25, -0.2) is 8.78 Å². The van der Waals surface area contributed by atoms with E-state index in [1.54, 1.807) is 17.0 Å². The number of amides is 1. The van der Waals surface area contributed by atoms with E-state index < -0.39 is 5.92 Å². The van der Waals surface area contributed by atoms with Crippen LogP contribution in [0.1, 0.15) is 12.8 Å². The maximum Gasteiger partial charge on any atom is 0.265 e. The minimum absolute atomic E-state index is 0.0300. The molecule has 1 amide bonds. The molecule has 1 fully saturated rings. The van der Waals surface area contributed by atoms with Crippen LogP contribution in [0, 0.1) is 5.92 Å². The number of carbonyl (C=O) groups excluding carboxylic acids is 1. The molecule has 0 unspecified atom stereocenters. The molecule has 1 heterocycles. The Balaban J connectivity index is 1.81. The number of carbonyl (C=O) groups is 1. The average molecular weight is 332 g/mol. The molecule has 0 N–H and O–H groups in total. The largest absolute Gasteiger partial charge is 0.482 e. The zero-order chi connectivity index (χ0) is 13.6. The van der Waals surface area contributed by atoms with Crippen LogP contribution in [0.25, 0.3) is 0 Å². The zero-order valence-corrected chi connectivity index (χ0v) is 11.6. The van der Waals surface area contributed by atoms with E-state index in [1.807, 2.05) is 6.07 Å². The van der Waals surface area contributed by atoms with Crippen molar-refractivity contribution in [2.24, 2.45) is 5.92 Å². The Morgan fingerprint density at radius 2 is 2.16 bits per heavy atom. The first-order valence-electron chi connectivity index (χ1n) is 6.05. The van der Waals surface area contributed by atoms with Crippen LogP contribution in [0.15, 0.2) is 22.7 Å². The molecule has 2 aliphatic rings. The first-order valence-corrected chi connectivity index (χ1v) is 6.84. The summed E-state index contributed by atoms with van der Waals surface area (Å²) in [5.41, 5.74) is 0.654. The Hall–Kier alpha value is -1.17. The first kappa shape index (κ1) is 12.8. The minimum atomic E-state index is -2.56. The van der Waals surface area contributed by atoms with E-state index in [4.69, 9.17) is 4.74 Å². The molecule has 0 spiro atoms. The van der Waals surface area contributed by atoms with Gasteiger partial charge in [0.1, 0.15) is 5.75 Å². The number of nitrogens with zero attached hydrogens (tertiary/aromatic N) is 1. The van der Waals surface area contributed by atoms with Crippen molar-refractivity contribution in [1.82, 2.24) is 0 Å². The van der Waals surface area contributed by atoms with Crippen LogP contribution in [-0.2, 0) is 4.79 Å². The van der Waals surface area contributed by atoms with Gasteiger partial charge in [0.15, 0.2) is 6.61 Å². The summed E-state index contributed by atoms with van der Waals surface area (Å²) in [5, 5.41) is 0. The van der Waals surface area contributed by atoms with Gasteiger partial charge >= 0.3 is 0 Å². The van der Waals surface area contributed by atoms with Gasteiger partial charge < -0.3 is 9.64 Å². The van der Waals surface area contributed by atoms with Crippen LogP contribution in [-0.4, -0.2) is 25.0 Å². The van der Waals surface area contributed by atoms with Gasteiger partial charge in [0.05, 0.1) is 5.69 Å². The summed E-state index contributed by atoms with van der Waals surface area (Å²) >= 11 is 3.34. The molecule has 102 valence electrons. The number of hydrogen-bond acceptors (Lipinski definition) is 2. The van der Waals surface area contributed by atoms with Gasteiger partial charge in [-0.05, 0) is 24.1 Å². The molecular weight excluding hydrogens is 320 g/mol. The van der Waals surface area contributed by atoms with Gasteiger partial charge in [0, 0.05) is 23.9 Å². The highest BCUT2D eigenvalue weighted by molar-refractivity contribution is 9.10. The molecule has 1 aromatic carbocycles. The lowest BCUT2D eigenvalue weighted by Gasteiger charge is -2.39. The highest BCUT2D eigenvalue weighted by Gasteiger charge is 2.46. The first-order chi connectivity index (χ1) is 8.94. The average Bonchev–Trinajstić information content (AvgIpc) is 2.30. The van der Waals surface area contributed by atoms with E-state index in [1.165, 1.54) is 0 Å². The summed E-state index contributed by atoms with van der Waals surface area (Å²) in [6, 6.07) is 5.38. The number of anilines is 1. The molecular formula is C13H12BrF2NO2. The summed E-state index contributed by atoms with van der Waals surface area (Å²) in [6.45, 7) is 0.305. The third kappa shape index (κ3) is 2.45. The van der Waals surface area contributed by atoms with Crippen molar-refractivity contribution >= 4 is 27.5 Å². The van der Waals surface area contributed by atoms with Crippen LogP contribution in [0.3, 0.4) is 0 Å². The molecule has 1 aliphatic carbocycles. The molecule has 0 radical (unpaired) electrons. The van der Waals surface area contributed by atoms with E-state index in [0.717, 1.165) is 4.47 Å². The second-order valence-electron chi connectivity index (χ2n) is 5.04. The Morgan fingerprint density at radius 3 is 2.84 bits per heavy atom. The lowest BCUT2D eigenvalue weighted by molar-refractivity contribution is -0.125. The molecule has 1 saturated carbocycles. The Morgan fingerprint density at radius 1 is 1.42 bits per heavy atom. The fourth-order valence-electron chi connectivity index (χ4n) is 2.55. The maximum absolute atomic E-state index is 12.9. The van der Waals surface area contributed by atoms with E-state index in [-0.39, 0.29) is 31.3 Å². The van der Waals surface area contributed by atoms with Crippen molar-refractivity contribution < 1.29 is 18.3 Å². The van der Waals surface area contributed by atoms with Crippen LogP contribution in [0.4, 0.5) is 14.5 Å². The summed E-state index contributed by atoms with van der Waals surface area (Å²) in [4.78, 5) is 13.5. The van der Waals surface area contributed by atoms with Crippen molar-refractivity contribution in [2.75, 3.05) is 18.1 Å². The molecule has 0 aromatic heterocycles. The number of benzene rings is 1. The van der Waals surface area contributed by atoms with Gasteiger partial charge in [-0.3, -0.25) is 4.79 Å².